The van der Waals surface area contributed by atoms with Gasteiger partial charge in [-0.1, -0.05) is 11.6 Å². The van der Waals surface area contributed by atoms with Crippen molar-refractivity contribution in [3.05, 3.63) is 41.6 Å². The van der Waals surface area contributed by atoms with Gasteiger partial charge in [-0.3, -0.25) is 0 Å². The molecule has 1 aromatic carbocycles. The van der Waals surface area contributed by atoms with Crippen molar-refractivity contribution in [3.8, 4) is 0 Å². The molecule has 2 fully saturated rings. The number of likely N-dealkylation sites (tertiary alicyclic amines) is 1. The normalized spacial score (nSPS) is 18.5. The van der Waals surface area contributed by atoms with E-state index >= 15 is 0 Å². The minimum atomic E-state index is -0.463. The van der Waals surface area contributed by atoms with E-state index in [1.165, 1.54) is 50.9 Å². The van der Waals surface area contributed by atoms with E-state index in [2.05, 4.69) is 42.4 Å². The molecule has 4 heterocycles. The van der Waals surface area contributed by atoms with Gasteiger partial charge in [0.05, 0.1) is 11.2 Å². The molecule has 0 atom stereocenters. The van der Waals surface area contributed by atoms with Crippen molar-refractivity contribution < 1.29 is 4.39 Å². The maximum atomic E-state index is 13.5. The molecule has 2 saturated heterocycles. The zero-order valence-corrected chi connectivity index (χ0v) is 20.1. The molecule has 2 aromatic heterocycles. The van der Waals surface area contributed by atoms with Crippen LogP contribution < -0.4 is 15.5 Å². The Bertz CT molecular complexity index is 1130. The Balaban J connectivity index is 1.25. The molecule has 0 radical (unpaired) electrons. The third kappa shape index (κ3) is 5.21. The first-order valence-corrected chi connectivity index (χ1v) is 12.3. The lowest BCUT2D eigenvalue weighted by molar-refractivity contribution is 0.164. The summed E-state index contributed by atoms with van der Waals surface area (Å²) in [5, 5.41) is 6.64. The number of anilines is 3. The summed E-state index contributed by atoms with van der Waals surface area (Å²) in [4.78, 5) is 22.9. The van der Waals surface area contributed by atoms with Crippen molar-refractivity contribution in [1.29, 1.82) is 0 Å². The third-order valence-corrected chi connectivity index (χ3v) is 7.25. The van der Waals surface area contributed by atoms with Crippen LogP contribution in [-0.4, -0.2) is 70.6 Å². The number of hydrogen-bond donors (Lipinski definition) is 2. The van der Waals surface area contributed by atoms with Gasteiger partial charge in [0.1, 0.15) is 23.2 Å². The van der Waals surface area contributed by atoms with Gasteiger partial charge < -0.3 is 20.4 Å². The molecule has 34 heavy (non-hydrogen) atoms. The Morgan fingerprint density at radius 2 is 1.85 bits per heavy atom. The number of piperidine rings is 2. The van der Waals surface area contributed by atoms with Crippen molar-refractivity contribution in [2.45, 2.75) is 31.7 Å². The van der Waals surface area contributed by atoms with Crippen LogP contribution in [0.15, 0.2) is 30.7 Å². The number of fused-ring (bicyclic) bond motifs is 1. The molecule has 10 heteroatoms. The fourth-order valence-electron chi connectivity index (χ4n) is 4.88. The molecular weight excluding hydrogens is 455 g/mol. The number of nitrogens with one attached hydrogen (secondary N) is 2. The lowest BCUT2D eigenvalue weighted by Gasteiger charge is -2.37. The number of halogens is 2. The smallest absolute Gasteiger partial charge is 0.226 e. The largest absolute Gasteiger partial charge is 0.341 e. The van der Waals surface area contributed by atoms with Gasteiger partial charge in [0.15, 0.2) is 5.82 Å². The molecular formula is C24H30ClFN8. The summed E-state index contributed by atoms with van der Waals surface area (Å²) in [5.41, 5.74) is 1.91. The Labute approximate surface area is 204 Å². The average Bonchev–Trinajstić information content (AvgIpc) is 2.87. The van der Waals surface area contributed by atoms with Crippen molar-refractivity contribution in [2.75, 3.05) is 50.0 Å². The van der Waals surface area contributed by atoms with Crippen LogP contribution in [0.4, 0.5) is 21.8 Å². The maximum absolute atomic E-state index is 13.5. The standard InChI is InChI=1S/C24H30ClFN8/c1-27-17-6-8-33(9-7-17)14-16-4-10-34(11-5-16)24-28-13-21-22(32-24)23(30-15-29-21)31-18-2-3-20(26)19(25)12-18/h2-3,12-13,15-17,27H,4-11,14H2,1H3,(H,29,30,31). The SMILES string of the molecule is CNC1CCN(CC2CCN(c3ncc4ncnc(Nc5ccc(F)c(Cl)c5)c4n3)CC2)CC1. The summed E-state index contributed by atoms with van der Waals surface area (Å²) in [6.45, 7) is 5.44. The zero-order chi connectivity index (χ0) is 23.5. The monoisotopic (exact) mass is 484 g/mol. The lowest BCUT2D eigenvalue weighted by atomic mass is 9.95. The summed E-state index contributed by atoms with van der Waals surface area (Å²) in [6.07, 6.45) is 7.95. The number of benzene rings is 1. The van der Waals surface area contributed by atoms with Crippen molar-refractivity contribution >= 4 is 40.1 Å². The molecule has 0 unspecified atom stereocenters. The number of nitrogens with zero attached hydrogens (tertiary/aromatic N) is 6. The fraction of sp³-hybridized carbons (Fsp3) is 0.500. The average molecular weight is 485 g/mol. The topological polar surface area (TPSA) is 82.1 Å². The molecule has 0 saturated carbocycles. The second-order valence-corrected chi connectivity index (χ2v) is 9.58. The van der Waals surface area contributed by atoms with Crippen LogP contribution in [0, 0.1) is 11.7 Å². The first-order chi connectivity index (χ1) is 16.6. The van der Waals surface area contributed by atoms with E-state index in [1.54, 1.807) is 12.3 Å². The van der Waals surface area contributed by atoms with E-state index in [-0.39, 0.29) is 5.02 Å². The first kappa shape index (κ1) is 23.1. The Kier molecular flexibility index (Phi) is 7.03. The number of aromatic nitrogens is 4. The quantitative estimate of drug-likeness (QED) is 0.546. The van der Waals surface area contributed by atoms with Gasteiger partial charge in [0.25, 0.3) is 0 Å². The number of rotatable bonds is 6. The molecule has 2 aliphatic heterocycles. The molecule has 2 N–H and O–H groups in total. The predicted molar refractivity (Wildman–Crippen MR) is 133 cm³/mol. The highest BCUT2D eigenvalue weighted by Crippen LogP contribution is 2.27. The van der Waals surface area contributed by atoms with Crippen LogP contribution in [0.2, 0.25) is 5.02 Å². The van der Waals surface area contributed by atoms with E-state index in [0.717, 1.165) is 25.9 Å². The van der Waals surface area contributed by atoms with E-state index < -0.39 is 5.82 Å². The van der Waals surface area contributed by atoms with Gasteiger partial charge in [-0.05, 0) is 69.9 Å². The van der Waals surface area contributed by atoms with Crippen molar-refractivity contribution in [1.82, 2.24) is 30.2 Å². The van der Waals surface area contributed by atoms with Crippen LogP contribution in [0.25, 0.3) is 11.0 Å². The Hall–Kier alpha value is -2.62. The van der Waals surface area contributed by atoms with E-state index in [0.29, 0.717) is 40.4 Å². The van der Waals surface area contributed by atoms with Crippen LogP contribution >= 0.6 is 11.6 Å². The van der Waals surface area contributed by atoms with Gasteiger partial charge >= 0.3 is 0 Å². The van der Waals surface area contributed by atoms with Crippen LogP contribution in [-0.2, 0) is 0 Å². The summed E-state index contributed by atoms with van der Waals surface area (Å²) < 4.78 is 13.5. The Morgan fingerprint density at radius 3 is 2.59 bits per heavy atom. The molecule has 0 spiro atoms. The van der Waals surface area contributed by atoms with E-state index in [4.69, 9.17) is 16.6 Å². The highest BCUT2D eigenvalue weighted by molar-refractivity contribution is 6.31. The molecule has 3 aromatic rings. The van der Waals surface area contributed by atoms with Crippen LogP contribution in [0.5, 0.6) is 0 Å². The molecule has 180 valence electrons. The van der Waals surface area contributed by atoms with Crippen LogP contribution in [0.3, 0.4) is 0 Å². The van der Waals surface area contributed by atoms with Crippen LogP contribution in [0.1, 0.15) is 25.7 Å². The second-order valence-electron chi connectivity index (χ2n) is 9.17. The highest BCUT2D eigenvalue weighted by Gasteiger charge is 2.25. The van der Waals surface area contributed by atoms with Gasteiger partial charge in [-0.25, -0.2) is 24.3 Å². The van der Waals surface area contributed by atoms with Gasteiger partial charge in [-0.2, -0.15) is 0 Å². The molecule has 2 aliphatic rings. The van der Waals surface area contributed by atoms with Gasteiger partial charge in [-0.15, -0.1) is 0 Å². The first-order valence-electron chi connectivity index (χ1n) is 11.9. The predicted octanol–water partition coefficient (Wildman–Crippen LogP) is 3.86. The van der Waals surface area contributed by atoms with Gasteiger partial charge in [0.2, 0.25) is 5.95 Å². The van der Waals surface area contributed by atoms with E-state index in [1.807, 2.05) is 0 Å². The molecule has 0 aliphatic carbocycles. The summed E-state index contributed by atoms with van der Waals surface area (Å²) in [6, 6.07) is 5.13. The van der Waals surface area contributed by atoms with E-state index in [9.17, 15) is 4.39 Å². The Morgan fingerprint density at radius 1 is 1.06 bits per heavy atom. The van der Waals surface area contributed by atoms with Crippen molar-refractivity contribution in [2.24, 2.45) is 5.92 Å². The molecule has 5 rings (SSSR count). The summed E-state index contributed by atoms with van der Waals surface area (Å²) >= 11 is 5.93. The molecule has 8 nitrogen and oxygen atoms in total. The zero-order valence-electron chi connectivity index (χ0n) is 19.3. The maximum Gasteiger partial charge on any atom is 0.226 e. The lowest BCUT2D eigenvalue weighted by Crippen LogP contribution is -2.45. The summed E-state index contributed by atoms with van der Waals surface area (Å²) in [5.74, 6) is 1.48. The second kappa shape index (κ2) is 10.3. The fourth-order valence-corrected chi connectivity index (χ4v) is 5.06. The molecule has 0 amide bonds. The highest BCUT2D eigenvalue weighted by atomic mass is 35.5. The minimum absolute atomic E-state index is 0.0490. The minimum Gasteiger partial charge on any atom is -0.341 e. The third-order valence-electron chi connectivity index (χ3n) is 6.96. The summed E-state index contributed by atoms with van der Waals surface area (Å²) in [7, 11) is 2.06. The number of hydrogen-bond acceptors (Lipinski definition) is 8. The van der Waals surface area contributed by atoms with Crippen molar-refractivity contribution in [3.63, 3.8) is 0 Å². The molecule has 0 bridgehead atoms. The van der Waals surface area contributed by atoms with Gasteiger partial charge in [0, 0.05) is 31.4 Å².